The number of benzene rings is 1. The van der Waals surface area contributed by atoms with E-state index in [-0.39, 0.29) is 5.78 Å². The molecule has 1 unspecified atom stereocenters. The second-order valence-electron chi connectivity index (χ2n) is 4.74. The Morgan fingerprint density at radius 3 is 2.35 bits per heavy atom. The van der Waals surface area contributed by atoms with Gasteiger partial charge in [0, 0.05) is 5.56 Å². The van der Waals surface area contributed by atoms with Crippen LogP contribution in [0.3, 0.4) is 0 Å². The third-order valence-corrected chi connectivity index (χ3v) is 4.13. The van der Waals surface area contributed by atoms with E-state index < -0.39 is 10.3 Å². The van der Waals surface area contributed by atoms with Gasteiger partial charge in [-0.05, 0) is 12.8 Å². The Labute approximate surface area is 128 Å². The van der Waals surface area contributed by atoms with Gasteiger partial charge in [-0.2, -0.15) is 0 Å². The van der Waals surface area contributed by atoms with Gasteiger partial charge >= 0.3 is 5.97 Å². The van der Waals surface area contributed by atoms with Crippen LogP contribution in [0.2, 0.25) is 0 Å². The van der Waals surface area contributed by atoms with Crippen molar-refractivity contribution in [2.75, 3.05) is 6.61 Å². The SMILES string of the molecule is CCCCOC(=O)C(Br)(CCC)C(=O)c1ccccc1. The first-order valence-electron chi connectivity index (χ1n) is 7.02. The number of hydrogen-bond donors (Lipinski definition) is 0. The maximum absolute atomic E-state index is 12.6. The minimum Gasteiger partial charge on any atom is -0.464 e. The van der Waals surface area contributed by atoms with Gasteiger partial charge in [0.25, 0.3) is 0 Å². The number of ketones is 1. The van der Waals surface area contributed by atoms with Gasteiger partial charge in [0.15, 0.2) is 10.1 Å². The van der Waals surface area contributed by atoms with Gasteiger partial charge in [-0.1, -0.05) is 73.0 Å². The number of carbonyl (C=O) groups excluding carboxylic acids is 2. The zero-order valence-corrected chi connectivity index (χ0v) is 13.6. The highest BCUT2D eigenvalue weighted by Gasteiger charge is 2.44. The Morgan fingerprint density at radius 2 is 1.80 bits per heavy atom. The molecule has 1 atom stereocenters. The van der Waals surface area contributed by atoms with Gasteiger partial charge in [0.2, 0.25) is 0 Å². The van der Waals surface area contributed by atoms with Gasteiger partial charge in [0.1, 0.15) is 0 Å². The number of ether oxygens (including phenoxy) is 1. The van der Waals surface area contributed by atoms with Crippen LogP contribution in [0.1, 0.15) is 49.9 Å². The maximum atomic E-state index is 12.6. The van der Waals surface area contributed by atoms with Crippen molar-refractivity contribution in [3.05, 3.63) is 35.9 Å². The number of rotatable bonds is 8. The molecule has 0 aliphatic rings. The molecule has 3 nitrogen and oxygen atoms in total. The highest BCUT2D eigenvalue weighted by atomic mass is 79.9. The average molecular weight is 341 g/mol. The van der Waals surface area contributed by atoms with Crippen LogP contribution in [0.5, 0.6) is 0 Å². The third kappa shape index (κ3) is 4.17. The minimum absolute atomic E-state index is 0.235. The van der Waals surface area contributed by atoms with Gasteiger partial charge in [-0.15, -0.1) is 0 Å². The molecule has 0 bridgehead atoms. The largest absolute Gasteiger partial charge is 0.464 e. The van der Waals surface area contributed by atoms with Crippen LogP contribution < -0.4 is 0 Å². The molecule has 0 heterocycles. The van der Waals surface area contributed by atoms with Crippen LogP contribution in [0.25, 0.3) is 0 Å². The van der Waals surface area contributed by atoms with Crippen molar-refractivity contribution in [1.82, 2.24) is 0 Å². The van der Waals surface area contributed by atoms with Crippen LogP contribution in [0.15, 0.2) is 30.3 Å². The monoisotopic (exact) mass is 340 g/mol. The van der Waals surface area contributed by atoms with E-state index in [0.29, 0.717) is 25.0 Å². The smallest absolute Gasteiger partial charge is 0.330 e. The number of Topliss-reactive ketones (excluding diaryl/α,β-unsaturated/α-hetero) is 1. The Hall–Kier alpha value is -1.16. The summed E-state index contributed by atoms with van der Waals surface area (Å²) in [5.74, 6) is -0.719. The standard InChI is InChI=1S/C16H21BrO3/c1-3-5-12-20-15(19)16(17,11-4-2)14(18)13-9-7-6-8-10-13/h6-10H,3-5,11-12H2,1-2H3. The van der Waals surface area contributed by atoms with Crippen LogP contribution >= 0.6 is 15.9 Å². The van der Waals surface area contributed by atoms with Crippen LogP contribution in [-0.4, -0.2) is 22.7 Å². The van der Waals surface area contributed by atoms with Gasteiger partial charge < -0.3 is 4.74 Å². The molecule has 0 N–H and O–H groups in total. The number of carbonyl (C=O) groups is 2. The Kier molecular flexibility index (Phi) is 6.93. The van der Waals surface area contributed by atoms with Crippen LogP contribution in [0, 0.1) is 0 Å². The predicted octanol–water partition coefficient (Wildman–Crippen LogP) is 4.15. The first-order valence-corrected chi connectivity index (χ1v) is 7.81. The number of unbranched alkanes of at least 4 members (excludes halogenated alkanes) is 1. The van der Waals surface area contributed by atoms with Crippen LogP contribution in [0.4, 0.5) is 0 Å². The lowest BCUT2D eigenvalue weighted by Crippen LogP contribution is -2.42. The average Bonchev–Trinajstić information content (AvgIpc) is 2.47. The summed E-state index contributed by atoms with van der Waals surface area (Å²) in [4.78, 5) is 24.8. The van der Waals surface area contributed by atoms with Crippen molar-refractivity contribution in [1.29, 1.82) is 0 Å². The normalized spacial score (nSPS) is 13.6. The first kappa shape index (κ1) is 16.9. The van der Waals surface area contributed by atoms with E-state index in [1.54, 1.807) is 24.3 Å². The highest BCUT2D eigenvalue weighted by molar-refractivity contribution is 9.10. The van der Waals surface area contributed by atoms with Gasteiger partial charge in [0.05, 0.1) is 6.61 Å². The topological polar surface area (TPSA) is 43.4 Å². The fourth-order valence-corrected chi connectivity index (χ4v) is 2.63. The number of esters is 1. The molecule has 1 aromatic carbocycles. The summed E-state index contributed by atoms with van der Waals surface area (Å²) in [7, 11) is 0. The van der Waals surface area contributed by atoms with E-state index in [2.05, 4.69) is 15.9 Å². The van der Waals surface area contributed by atoms with E-state index in [9.17, 15) is 9.59 Å². The molecule has 0 fully saturated rings. The molecule has 4 heteroatoms. The molecule has 0 aliphatic carbocycles. The van der Waals surface area contributed by atoms with E-state index in [4.69, 9.17) is 4.74 Å². The van der Waals surface area contributed by atoms with Crippen molar-refractivity contribution in [3.63, 3.8) is 0 Å². The fourth-order valence-electron chi connectivity index (χ4n) is 1.89. The predicted molar refractivity (Wildman–Crippen MR) is 83.2 cm³/mol. The molecule has 0 spiro atoms. The van der Waals surface area contributed by atoms with E-state index in [1.165, 1.54) is 0 Å². The fraction of sp³-hybridized carbons (Fsp3) is 0.500. The summed E-state index contributed by atoms with van der Waals surface area (Å²) in [5.41, 5.74) is 0.519. The van der Waals surface area contributed by atoms with Gasteiger partial charge in [-0.3, -0.25) is 9.59 Å². The zero-order valence-electron chi connectivity index (χ0n) is 12.0. The van der Waals surface area contributed by atoms with E-state index in [0.717, 1.165) is 12.8 Å². The van der Waals surface area contributed by atoms with Crippen LogP contribution in [-0.2, 0) is 9.53 Å². The van der Waals surface area contributed by atoms with E-state index >= 15 is 0 Å². The second kappa shape index (κ2) is 8.20. The number of alkyl halides is 1. The van der Waals surface area contributed by atoms with Crippen molar-refractivity contribution < 1.29 is 14.3 Å². The summed E-state index contributed by atoms with van der Waals surface area (Å²) in [5, 5.41) is 0. The Balaban J connectivity index is 2.90. The summed E-state index contributed by atoms with van der Waals surface area (Å²) in [6.07, 6.45) is 2.89. The third-order valence-electron chi connectivity index (χ3n) is 3.04. The summed E-state index contributed by atoms with van der Waals surface area (Å²) >= 11 is 3.34. The number of hydrogen-bond acceptors (Lipinski definition) is 3. The van der Waals surface area contributed by atoms with Crippen molar-refractivity contribution in [3.8, 4) is 0 Å². The Morgan fingerprint density at radius 1 is 1.15 bits per heavy atom. The lowest BCUT2D eigenvalue weighted by Gasteiger charge is -2.23. The lowest BCUT2D eigenvalue weighted by atomic mass is 9.93. The minimum atomic E-state index is -1.27. The highest BCUT2D eigenvalue weighted by Crippen LogP contribution is 2.30. The molecular formula is C16H21BrO3. The van der Waals surface area contributed by atoms with Gasteiger partial charge in [-0.25, -0.2) is 0 Å². The summed E-state index contributed by atoms with van der Waals surface area (Å²) in [6, 6.07) is 8.84. The molecule has 1 aromatic rings. The van der Waals surface area contributed by atoms with Crippen molar-refractivity contribution in [2.24, 2.45) is 0 Å². The molecular weight excluding hydrogens is 320 g/mol. The molecule has 0 aromatic heterocycles. The molecule has 0 saturated heterocycles. The second-order valence-corrected chi connectivity index (χ2v) is 6.09. The Bertz CT molecular complexity index is 444. The summed E-state index contributed by atoms with van der Waals surface area (Å²) < 4.78 is 3.97. The number of halogens is 1. The molecule has 0 aliphatic heterocycles. The molecule has 0 saturated carbocycles. The van der Waals surface area contributed by atoms with Crippen molar-refractivity contribution in [2.45, 2.75) is 43.9 Å². The lowest BCUT2D eigenvalue weighted by molar-refractivity contribution is -0.145. The maximum Gasteiger partial charge on any atom is 0.330 e. The molecule has 20 heavy (non-hydrogen) atoms. The molecule has 110 valence electrons. The van der Waals surface area contributed by atoms with E-state index in [1.807, 2.05) is 19.9 Å². The molecule has 0 amide bonds. The first-order chi connectivity index (χ1) is 9.56. The zero-order chi connectivity index (χ0) is 15.0. The summed E-state index contributed by atoms with van der Waals surface area (Å²) in [6.45, 7) is 4.32. The molecule has 1 rings (SSSR count). The van der Waals surface area contributed by atoms with Crippen molar-refractivity contribution >= 4 is 27.7 Å². The quantitative estimate of drug-likeness (QED) is 0.235. The molecule has 0 radical (unpaired) electrons.